The van der Waals surface area contributed by atoms with Gasteiger partial charge in [-0.3, -0.25) is 4.90 Å². The molecule has 1 aromatic carbocycles. The summed E-state index contributed by atoms with van der Waals surface area (Å²) in [6, 6.07) is 14.1. The fraction of sp³-hybridized carbons (Fsp3) is 0.600. The summed E-state index contributed by atoms with van der Waals surface area (Å²) in [5.41, 5.74) is 1.48. The van der Waals surface area contributed by atoms with Crippen LogP contribution >= 0.6 is 34.0 Å². The number of piperidine rings is 4. The number of hydrogen-bond donors (Lipinski definition) is 1. The average molecular weight is 390 g/mol. The molecule has 0 spiro atoms. The van der Waals surface area contributed by atoms with Crippen LogP contribution in [0, 0.1) is 0 Å². The summed E-state index contributed by atoms with van der Waals surface area (Å²) in [5.74, 6) is 0. The second-order valence-corrected chi connectivity index (χ2v) is 5.83. The van der Waals surface area contributed by atoms with E-state index < -0.39 is 0 Å². The van der Waals surface area contributed by atoms with Gasteiger partial charge in [0.25, 0.3) is 0 Å². The number of piperazine rings is 1. The van der Waals surface area contributed by atoms with Gasteiger partial charge in [-0.1, -0.05) is 30.3 Å². The lowest BCUT2D eigenvalue weighted by Gasteiger charge is -2.60. The van der Waals surface area contributed by atoms with Gasteiger partial charge in [0.1, 0.15) is 0 Å². The molecular formula is C15H22Br2N2. The topological polar surface area (TPSA) is 15.3 Å². The molecule has 4 heteroatoms. The van der Waals surface area contributed by atoms with E-state index in [1.165, 1.54) is 31.2 Å². The van der Waals surface area contributed by atoms with Gasteiger partial charge in [0.2, 0.25) is 0 Å². The Morgan fingerprint density at radius 1 is 0.895 bits per heavy atom. The molecule has 2 nitrogen and oxygen atoms in total. The lowest BCUT2D eigenvalue weighted by atomic mass is 9.73. The summed E-state index contributed by atoms with van der Waals surface area (Å²) < 4.78 is 0. The van der Waals surface area contributed by atoms with Gasteiger partial charge in [-0.15, -0.1) is 34.0 Å². The average Bonchev–Trinajstić information content (AvgIpc) is 2.40. The lowest BCUT2D eigenvalue weighted by molar-refractivity contribution is -0.0631. The summed E-state index contributed by atoms with van der Waals surface area (Å²) in [5, 5.41) is 3.83. The minimum atomic E-state index is 0. The van der Waals surface area contributed by atoms with E-state index in [4.69, 9.17) is 0 Å². The van der Waals surface area contributed by atoms with Crippen molar-refractivity contribution >= 4 is 34.0 Å². The second kappa shape index (κ2) is 6.25. The maximum Gasteiger partial charge on any atom is 0.0257 e. The molecule has 1 N–H and O–H groups in total. The minimum Gasteiger partial charge on any atom is -0.308 e. The van der Waals surface area contributed by atoms with Crippen molar-refractivity contribution in [3.63, 3.8) is 0 Å². The van der Waals surface area contributed by atoms with Crippen LogP contribution in [0.2, 0.25) is 0 Å². The number of rotatable bonds is 2. The Labute approximate surface area is 136 Å². The first-order valence-corrected chi connectivity index (χ1v) is 6.97. The van der Waals surface area contributed by atoms with Gasteiger partial charge in [-0.25, -0.2) is 0 Å². The van der Waals surface area contributed by atoms with E-state index in [9.17, 15) is 0 Å². The Kier molecular flexibility index (Phi) is 5.09. The van der Waals surface area contributed by atoms with Gasteiger partial charge in [0.05, 0.1) is 0 Å². The van der Waals surface area contributed by atoms with Crippen LogP contribution in [0.3, 0.4) is 0 Å². The van der Waals surface area contributed by atoms with Crippen molar-refractivity contribution < 1.29 is 0 Å². The molecule has 0 saturated carbocycles. The Morgan fingerprint density at radius 2 is 1.47 bits per heavy atom. The minimum absolute atomic E-state index is 0. The Hall–Kier alpha value is 0.100. The zero-order valence-corrected chi connectivity index (χ0v) is 14.4. The van der Waals surface area contributed by atoms with E-state index in [1.807, 2.05) is 0 Å². The molecule has 0 radical (unpaired) electrons. The maximum atomic E-state index is 3.83. The van der Waals surface area contributed by atoms with Gasteiger partial charge in [-0.2, -0.15) is 0 Å². The number of benzene rings is 1. The number of fused-ring (bicyclic) bond motifs is 2. The number of nitrogens with zero attached hydrogens (tertiary/aromatic N) is 1. The highest BCUT2D eigenvalue weighted by molar-refractivity contribution is 8.93. The van der Waals surface area contributed by atoms with Crippen molar-refractivity contribution in [2.75, 3.05) is 0 Å². The van der Waals surface area contributed by atoms with Crippen molar-refractivity contribution in [1.82, 2.24) is 10.2 Å². The van der Waals surface area contributed by atoms with Crippen LogP contribution in [0.25, 0.3) is 0 Å². The van der Waals surface area contributed by atoms with E-state index in [0.717, 1.165) is 30.7 Å². The first kappa shape index (κ1) is 15.5. The molecule has 1 aromatic rings. The molecular weight excluding hydrogens is 368 g/mol. The normalized spacial score (nSPS) is 35.6. The third-order valence-corrected chi connectivity index (χ3v) is 4.96. The van der Waals surface area contributed by atoms with E-state index in [1.54, 1.807) is 0 Å². The van der Waals surface area contributed by atoms with Crippen LogP contribution < -0.4 is 5.32 Å². The van der Waals surface area contributed by atoms with Crippen LogP contribution in [0.4, 0.5) is 0 Å². The lowest BCUT2D eigenvalue weighted by Crippen LogP contribution is -2.73. The summed E-state index contributed by atoms with van der Waals surface area (Å²) in [6.07, 6.45) is 5.62. The van der Waals surface area contributed by atoms with Crippen LogP contribution in [0.5, 0.6) is 0 Å². The fourth-order valence-corrected chi connectivity index (χ4v) is 4.22. The molecule has 0 amide bonds. The molecule has 106 valence electrons. The Bertz CT molecular complexity index is 394. The highest BCUT2D eigenvalue weighted by atomic mass is 79.9. The Balaban J connectivity index is 0.000000667. The smallest absolute Gasteiger partial charge is 0.0257 e. The molecule has 5 heterocycles. The molecule has 4 unspecified atom stereocenters. The quantitative estimate of drug-likeness (QED) is 0.834. The van der Waals surface area contributed by atoms with E-state index in [2.05, 4.69) is 40.5 Å². The van der Waals surface area contributed by atoms with Gasteiger partial charge in [0.15, 0.2) is 0 Å². The third-order valence-electron chi connectivity index (χ3n) is 4.96. The zero-order valence-electron chi connectivity index (χ0n) is 11.0. The monoisotopic (exact) mass is 388 g/mol. The van der Waals surface area contributed by atoms with E-state index in [-0.39, 0.29) is 34.0 Å². The third kappa shape index (κ3) is 2.65. The van der Waals surface area contributed by atoms with Crippen molar-refractivity contribution in [2.45, 2.75) is 56.4 Å². The first-order chi connectivity index (χ1) is 8.42. The highest BCUT2D eigenvalue weighted by Crippen LogP contribution is 2.40. The predicted molar refractivity (Wildman–Crippen MR) is 89.4 cm³/mol. The largest absolute Gasteiger partial charge is 0.308 e. The number of hydrogen-bond acceptors (Lipinski definition) is 2. The van der Waals surface area contributed by atoms with E-state index in [0.29, 0.717) is 0 Å². The van der Waals surface area contributed by atoms with Gasteiger partial charge < -0.3 is 5.32 Å². The van der Waals surface area contributed by atoms with E-state index >= 15 is 0 Å². The van der Waals surface area contributed by atoms with Crippen molar-refractivity contribution in [3.05, 3.63) is 35.9 Å². The van der Waals surface area contributed by atoms with Crippen molar-refractivity contribution in [2.24, 2.45) is 0 Å². The van der Waals surface area contributed by atoms with Crippen molar-refractivity contribution in [3.8, 4) is 0 Å². The Morgan fingerprint density at radius 3 is 2.05 bits per heavy atom. The molecule has 5 saturated heterocycles. The molecule has 4 atom stereocenters. The van der Waals surface area contributed by atoms with Crippen LogP contribution in [0.15, 0.2) is 30.3 Å². The van der Waals surface area contributed by atoms with Gasteiger partial charge >= 0.3 is 0 Å². The summed E-state index contributed by atoms with van der Waals surface area (Å²) in [7, 11) is 0. The molecule has 0 aliphatic carbocycles. The highest BCUT2D eigenvalue weighted by Gasteiger charge is 2.49. The number of halogens is 2. The fourth-order valence-electron chi connectivity index (χ4n) is 4.22. The molecule has 6 rings (SSSR count). The molecule has 5 aliphatic heterocycles. The summed E-state index contributed by atoms with van der Waals surface area (Å²) in [6.45, 7) is 1.16. The standard InChI is InChI=1S/C15H20N2.2BrH/c1-2-4-11(5-3-1)10-17-14-8-6-12-15(17)9-7-13(14)16-12;;/h1-5,12-16H,6-10H2;2*1H. The molecule has 5 fully saturated rings. The SMILES string of the molecule is Br.Br.c1ccc(CN2C3CCC4NC3CCC42)cc1. The summed E-state index contributed by atoms with van der Waals surface area (Å²) >= 11 is 0. The zero-order chi connectivity index (χ0) is 11.2. The van der Waals surface area contributed by atoms with Crippen LogP contribution in [0.1, 0.15) is 31.2 Å². The molecule has 19 heavy (non-hydrogen) atoms. The van der Waals surface area contributed by atoms with Gasteiger partial charge in [0, 0.05) is 30.7 Å². The first-order valence-electron chi connectivity index (χ1n) is 6.97. The van der Waals surface area contributed by atoms with Crippen LogP contribution in [-0.4, -0.2) is 29.1 Å². The van der Waals surface area contributed by atoms with Gasteiger partial charge in [-0.05, 0) is 31.2 Å². The predicted octanol–water partition coefficient (Wildman–Crippen LogP) is 3.31. The molecule has 5 aliphatic rings. The maximum absolute atomic E-state index is 3.83. The summed E-state index contributed by atoms with van der Waals surface area (Å²) in [4.78, 5) is 2.79. The molecule has 4 bridgehead atoms. The van der Waals surface area contributed by atoms with Crippen LogP contribution in [-0.2, 0) is 6.54 Å². The number of nitrogens with one attached hydrogen (secondary N) is 1. The van der Waals surface area contributed by atoms with Crippen molar-refractivity contribution in [1.29, 1.82) is 0 Å². The second-order valence-electron chi connectivity index (χ2n) is 5.83. The molecule has 0 aromatic heterocycles.